The van der Waals surface area contributed by atoms with Crippen molar-refractivity contribution in [2.75, 3.05) is 10.6 Å². The van der Waals surface area contributed by atoms with Crippen LogP contribution in [0.2, 0.25) is 0 Å². The van der Waals surface area contributed by atoms with Crippen LogP contribution in [0.15, 0.2) is 63.8 Å². The Balaban J connectivity index is 1.80. The average Bonchev–Trinajstić information content (AvgIpc) is 2.62. The van der Waals surface area contributed by atoms with E-state index in [2.05, 4.69) is 10.6 Å². The topological polar surface area (TPSA) is 88.4 Å². The molecule has 0 radical (unpaired) electrons. The van der Waals surface area contributed by atoms with Gasteiger partial charge in [-0.25, -0.2) is 0 Å². The molecule has 1 heterocycles. The molecule has 3 aromatic rings. The minimum absolute atomic E-state index is 0.0749. The van der Waals surface area contributed by atoms with E-state index in [1.807, 2.05) is 6.92 Å². The lowest BCUT2D eigenvalue weighted by atomic mass is 10.2. The first-order chi connectivity index (χ1) is 12.6. The molecule has 0 aliphatic rings. The number of nitrogens with one attached hydrogen (secondary N) is 2. The second-order valence-electron chi connectivity index (χ2n) is 5.80. The second-order valence-corrected chi connectivity index (χ2v) is 5.80. The van der Waals surface area contributed by atoms with Crippen molar-refractivity contribution in [1.82, 2.24) is 0 Å². The average molecular weight is 350 g/mol. The lowest BCUT2D eigenvalue weighted by Crippen LogP contribution is -2.15. The van der Waals surface area contributed by atoms with E-state index in [4.69, 9.17) is 4.42 Å². The summed E-state index contributed by atoms with van der Waals surface area (Å²) in [5.41, 5.74) is 1.14. The van der Waals surface area contributed by atoms with Crippen molar-refractivity contribution in [3.8, 4) is 0 Å². The summed E-state index contributed by atoms with van der Waals surface area (Å²) in [6.07, 6.45) is 1.18. The Morgan fingerprint density at radius 2 is 1.69 bits per heavy atom. The zero-order valence-electron chi connectivity index (χ0n) is 14.2. The van der Waals surface area contributed by atoms with Crippen LogP contribution in [0.4, 0.5) is 11.4 Å². The molecule has 0 unspecified atom stereocenters. The van der Waals surface area contributed by atoms with E-state index in [0.717, 1.165) is 6.42 Å². The molecule has 0 aliphatic heterocycles. The van der Waals surface area contributed by atoms with Crippen LogP contribution in [-0.4, -0.2) is 11.8 Å². The van der Waals surface area contributed by atoms with Gasteiger partial charge in [0.05, 0.1) is 5.39 Å². The number of fused-ring (bicyclic) bond motifs is 1. The van der Waals surface area contributed by atoms with Gasteiger partial charge >= 0.3 is 0 Å². The molecule has 2 N–H and O–H groups in total. The normalized spacial score (nSPS) is 10.5. The van der Waals surface area contributed by atoms with Crippen LogP contribution in [0, 0.1) is 0 Å². The first-order valence-corrected chi connectivity index (χ1v) is 8.31. The summed E-state index contributed by atoms with van der Waals surface area (Å²) in [7, 11) is 0. The Bertz CT molecular complexity index is 1020. The van der Waals surface area contributed by atoms with Crippen LogP contribution in [0.3, 0.4) is 0 Å². The highest BCUT2D eigenvalue weighted by molar-refractivity contribution is 6.03. The number of para-hydroxylation sites is 1. The highest BCUT2D eigenvalue weighted by Gasteiger charge is 2.13. The Kier molecular flexibility index (Phi) is 5.12. The van der Waals surface area contributed by atoms with Gasteiger partial charge in [-0.2, -0.15) is 0 Å². The van der Waals surface area contributed by atoms with Crippen LogP contribution in [-0.2, 0) is 4.79 Å². The van der Waals surface area contributed by atoms with Gasteiger partial charge < -0.3 is 15.1 Å². The van der Waals surface area contributed by atoms with Crippen molar-refractivity contribution in [1.29, 1.82) is 0 Å². The number of hydrogen-bond acceptors (Lipinski definition) is 4. The third-order valence-corrected chi connectivity index (χ3v) is 3.74. The Morgan fingerprint density at radius 3 is 2.46 bits per heavy atom. The predicted octanol–water partition coefficient (Wildman–Crippen LogP) is 3.78. The van der Waals surface area contributed by atoms with E-state index in [9.17, 15) is 14.4 Å². The summed E-state index contributed by atoms with van der Waals surface area (Å²) in [5, 5.41) is 5.86. The fourth-order valence-electron chi connectivity index (χ4n) is 2.53. The van der Waals surface area contributed by atoms with Crippen molar-refractivity contribution in [3.05, 3.63) is 70.6 Å². The molecule has 132 valence electrons. The summed E-state index contributed by atoms with van der Waals surface area (Å²) in [4.78, 5) is 36.2. The molecule has 3 rings (SSSR count). The number of amides is 2. The van der Waals surface area contributed by atoms with Crippen molar-refractivity contribution < 1.29 is 14.0 Å². The van der Waals surface area contributed by atoms with Gasteiger partial charge in [-0.15, -0.1) is 0 Å². The summed E-state index contributed by atoms with van der Waals surface area (Å²) >= 11 is 0. The number of carbonyl (C=O) groups is 2. The Morgan fingerprint density at radius 1 is 0.962 bits per heavy atom. The van der Waals surface area contributed by atoms with Gasteiger partial charge in [0.15, 0.2) is 11.2 Å². The van der Waals surface area contributed by atoms with Crippen LogP contribution in [0.5, 0.6) is 0 Å². The number of hydrogen-bond donors (Lipinski definition) is 2. The fraction of sp³-hybridized carbons (Fsp3) is 0.150. The minimum Gasteiger partial charge on any atom is -0.451 e. The molecule has 2 aromatic carbocycles. The summed E-state index contributed by atoms with van der Waals surface area (Å²) in [6.45, 7) is 1.92. The maximum absolute atomic E-state index is 12.4. The van der Waals surface area contributed by atoms with Gasteiger partial charge in [-0.3, -0.25) is 14.4 Å². The maximum atomic E-state index is 12.4. The molecule has 0 saturated heterocycles. The zero-order chi connectivity index (χ0) is 18.5. The SMILES string of the molecule is CCCC(=O)Nc1cccc(NC(=O)c2cc(=O)c3ccccc3o2)c1. The Labute approximate surface area is 149 Å². The first kappa shape index (κ1) is 17.4. The second kappa shape index (κ2) is 7.65. The smallest absolute Gasteiger partial charge is 0.291 e. The minimum atomic E-state index is -0.537. The lowest BCUT2D eigenvalue weighted by Gasteiger charge is -2.08. The first-order valence-electron chi connectivity index (χ1n) is 8.31. The molecular formula is C20H18N2O4. The number of benzene rings is 2. The maximum Gasteiger partial charge on any atom is 0.291 e. The molecule has 1 aromatic heterocycles. The lowest BCUT2D eigenvalue weighted by molar-refractivity contribution is -0.116. The summed E-state index contributed by atoms with van der Waals surface area (Å²) in [5.74, 6) is -0.699. The van der Waals surface area contributed by atoms with Gasteiger partial charge in [0.25, 0.3) is 5.91 Å². The predicted molar refractivity (Wildman–Crippen MR) is 100 cm³/mol. The van der Waals surface area contributed by atoms with Crippen LogP contribution < -0.4 is 16.1 Å². The third kappa shape index (κ3) is 3.97. The quantitative estimate of drug-likeness (QED) is 0.733. The monoisotopic (exact) mass is 350 g/mol. The number of carbonyl (C=O) groups excluding carboxylic acids is 2. The molecule has 2 amide bonds. The van der Waals surface area contributed by atoms with E-state index >= 15 is 0 Å². The molecular weight excluding hydrogens is 332 g/mol. The van der Waals surface area contributed by atoms with E-state index in [0.29, 0.717) is 28.8 Å². The van der Waals surface area contributed by atoms with E-state index in [-0.39, 0.29) is 17.1 Å². The Hall–Kier alpha value is -3.41. The van der Waals surface area contributed by atoms with Gasteiger partial charge in [-0.1, -0.05) is 25.1 Å². The molecule has 6 heteroatoms. The molecule has 0 aliphatic carbocycles. The van der Waals surface area contributed by atoms with Gasteiger partial charge in [-0.05, 0) is 36.8 Å². The van der Waals surface area contributed by atoms with E-state index < -0.39 is 5.91 Å². The molecule has 0 saturated carbocycles. The summed E-state index contributed by atoms with van der Waals surface area (Å²) < 4.78 is 5.52. The fourth-order valence-corrected chi connectivity index (χ4v) is 2.53. The standard InChI is InChI=1S/C20H18N2O4/c1-2-6-19(24)21-13-7-5-8-14(11-13)22-20(25)18-12-16(23)15-9-3-4-10-17(15)26-18/h3-5,7-12H,2,6H2,1H3,(H,21,24)(H,22,25). The largest absolute Gasteiger partial charge is 0.451 e. The van der Waals surface area contributed by atoms with Crippen molar-refractivity contribution in [3.63, 3.8) is 0 Å². The highest BCUT2D eigenvalue weighted by Crippen LogP contribution is 2.17. The van der Waals surface area contributed by atoms with Gasteiger partial charge in [0, 0.05) is 23.9 Å². The summed E-state index contributed by atoms with van der Waals surface area (Å²) in [6, 6.07) is 14.7. The third-order valence-electron chi connectivity index (χ3n) is 3.74. The van der Waals surface area contributed by atoms with Crippen LogP contribution in [0.1, 0.15) is 30.3 Å². The van der Waals surface area contributed by atoms with Gasteiger partial charge in [0.2, 0.25) is 5.91 Å². The van der Waals surface area contributed by atoms with E-state index in [1.165, 1.54) is 6.07 Å². The van der Waals surface area contributed by atoms with Crippen LogP contribution >= 0.6 is 0 Å². The number of rotatable bonds is 5. The van der Waals surface area contributed by atoms with Crippen LogP contribution in [0.25, 0.3) is 11.0 Å². The zero-order valence-corrected chi connectivity index (χ0v) is 14.2. The number of anilines is 2. The molecule has 0 spiro atoms. The molecule has 0 fully saturated rings. The molecule has 0 atom stereocenters. The molecule has 0 bridgehead atoms. The highest BCUT2D eigenvalue weighted by atomic mass is 16.3. The molecule has 6 nitrogen and oxygen atoms in total. The van der Waals surface area contributed by atoms with Gasteiger partial charge in [0.1, 0.15) is 5.58 Å². The van der Waals surface area contributed by atoms with Crippen molar-refractivity contribution in [2.45, 2.75) is 19.8 Å². The van der Waals surface area contributed by atoms with E-state index in [1.54, 1.807) is 48.5 Å². The molecule has 26 heavy (non-hydrogen) atoms. The van der Waals surface area contributed by atoms with Crippen molar-refractivity contribution >= 4 is 34.2 Å². The van der Waals surface area contributed by atoms with Crippen molar-refractivity contribution in [2.24, 2.45) is 0 Å².